The second-order valence-electron chi connectivity index (χ2n) is 2.75. The fourth-order valence-corrected chi connectivity index (χ4v) is 1.39. The molecule has 1 aromatic rings. The first-order valence-electron chi connectivity index (χ1n) is 3.82. The first kappa shape index (κ1) is 6.88. The predicted octanol–water partition coefficient (Wildman–Crippen LogP) is 0.418. The van der Waals surface area contributed by atoms with Crippen molar-refractivity contribution in [2.45, 2.75) is 19.6 Å². The summed E-state index contributed by atoms with van der Waals surface area (Å²) in [7, 11) is 0. The molecule has 60 valence electrons. The van der Waals surface area contributed by atoms with Gasteiger partial charge in [0.2, 0.25) is 0 Å². The third kappa shape index (κ3) is 1.17. The van der Waals surface area contributed by atoms with Gasteiger partial charge in [-0.05, 0) is 6.07 Å². The normalized spacial score (nSPS) is 16.5. The van der Waals surface area contributed by atoms with Crippen molar-refractivity contribution in [3.8, 4) is 0 Å². The summed E-state index contributed by atoms with van der Waals surface area (Å²) in [5, 5.41) is 12.0. The zero-order valence-corrected chi connectivity index (χ0v) is 6.26. The summed E-state index contributed by atoms with van der Waals surface area (Å²) >= 11 is 0. The van der Waals surface area contributed by atoms with Crippen LogP contribution in [-0.2, 0) is 19.6 Å². The average molecular weight is 153 g/mol. The molecular formula is C8H11NO2. The van der Waals surface area contributed by atoms with Crippen molar-refractivity contribution in [3.05, 3.63) is 23.2 Å². The summed E-state index contributed by atoms with van der Waals surface area (Å²) in [6.45, 7) is 1.86. The van der Waals surface area contributed by atoms with Crippen molar-refractivity contribution < 1.29 is 9.52 Å². The van der Waals surface area contributed by atoms with Gasteiger partial charge in [-0.1, -0.05) is 0 Å². The van der Waals surface area contributed by atoms with E-state index in [0.29, 0.717) is 5.76 Å². The minimum Gasteiger partial charge on any atom is -0.463 e. The molecular weight excluding hydrogens is 142 g/mol. The Morgan fingerprint density at radius 1 is 1.64 bits per heavy atom. The van der Waals surface area contributed by atoms with Crippen molar-refractivity contribution in [2.75, 3.05) is 6.54 Å². The molecule has 1 aliphatic rings. The molecule has 0 aliphatic carbocycles. The molecule has 0 amide bonds. The lowest BCUT2D eigenvalue weighted by molar-refractivity contribution is 0.243. The number of fused-ring (bicyclic) bond motifs is 1. The second kappa shape index (κ2) is 2.68. The number of aliphatic hydroxyl groups excluding tert-OH is 1. The molecule has 11 heavy (non-hydrogen) atoms. The number of nitrogens with one attached hydrogen (secondary N) is 1. The van der Waals surface area contributed by atoms with E-state index < -0.39 is 0 Å². The molecule has 0 atom stereocenters. The van der Waals surface area contributed by atoms with Crippen LogP contribution >= 0.6 is 0 Å². The summed E-state index contributed by atoms with van der Waals surface area (Å²) in [6.07, 6.45) is 0.940. The first-order chi connectivity index (χ1) is 5.40. The van der Waals surface area contributed by atoms with Crippen LogP contribution in [0.4, 0.5) is 0 Å². The largest absolute Gasteiger partial charge is 0.463 e. The third-order valence-electron chi connectivity index (χ3n) is 1.95. The molecule has 2 heterocycles. The molecule has 1 aliphatic heterocycles. The van der Waals surface area contributed by atoms with Gasteiger partial charge < -0.3 is 14.8 Å². The Hall–Kier alpha value is -0.800. The van der Waals surface area contributed by atoms with Gasteiger partial charge in [0.05, 0.1) is 0 Å². The zero-order valence-electron chi connectivity index (χ0n) is 6.26. The number of rotatable bonds is 1. The summed E-state index contributed by atoms with van der Waals surface area (Å²) in [4.78, 5) is 0. The molecule has 1 aromatic heterocycles. The molecule has 0 unspecified atom stereocenters. The highest BCUT2D eigenvalue weighted by Crippen LogP contribution is 2.18. The van der Waals surface area contributed by atoms with Gasteiger partial charge in [0.25, 0.3) is 0 Å². The fraction of sp³-hybridized carbons (Fsp3) is 0.500. The Balaban J connectivity index is 2.32. The monoisotopic (exact) mass is 153 g/mol. The number of hydrogen-bond acceptors (Lipinski definition) is 3. The lowest BCUT2D eigenvalue weighted by Crippen LogP contribution is -2.22. The smallest absolute Gasteiger partial charge is 0.129 e. The topological polar surface area (TPSA) is 45.4 Å². The first-order valence-corrected chi connectivity index (χ1v) is 3.82. The Kier molecular flexibility index (Phi) is 1.68. The lowest BCUT2D eigenvalue weighted by Gasteiger charge is -2.09. The molecule has 0 fully saturated rings. The molecule has 3 nitrogen and oxygen atoms in total. The molecule has 0 radical (unpaired) electrons. The average Bonchev–Trinajstić information content (AvgIpc) is 2.46. The zero-order chi connectivity index (χ0) is 7.68. The molecule has 0 aromatic carbocycles. The van der Waals surface area contributed by atoms with Crippen LogP contribution in [0.3, 0.4) is 0 Å². The highest BCUT2D eigenvalue weighted by molar-refractivity contribution is 5.23. The van der Waals surface area contributed by atoms with E-state index in [4.69, 9.17) is 9.52 Å². The fourth-order valence-electron chi connectivity index (χ4n) is 1.39. The van der Waals surface area contributed by atoms with E-state index in [0.717, 1.165) is 25.3 Å². The van der Waals surface area contributed by atoms with Crippen LogP contribution in [0.15, 0.2) is 10.5 Å². The van der Waals surface area contributed by atoms with Crippen molar-refractivity contribution >= 4 is 0 Å². The molecule has 2 N–H and O–H groups in total. The molecule has 0 bridgehead atoms. The Morgan fingerprint density at radius 3 is 3.27 bits per heavy atom. The maximum Gasteiger partial charge on any atom is 0.129 e. The number of hydrogen-bond donors (Lipinski definition) is 2. The molecule has 0 saturated carbocycles. The van der Waals surface area contributed by atoms with Crippen LogP contribution in [0.25, 0.3) is 0 Å². The van der Waals surface area contributed by atoms with Gasteiger partial charge in [0, 0.05) is 25.1 Å². The van der Waals surface area contributed by atoms with Gasteiger partial charge in [-0.3, -0.25) is 0 Å². The quantitative estimate of drug-likeness (QED) is 0.614. The Morgan fingerprint density at radius 2 is 2.55 bits per heavy atom. The minimum absolute atomic E-state index is 0.00694. The maximum absolute atomic E-state index is 8.77. The summed E-state index contributed by atoms with van der Waals surface area (Å²) < 4.78 is 5.37. The van der Waals surface area contributed by atoms with Gasteiger partial charge in [0.1, 0.15) is 18.1 Å². The summed E-state index contributed by atoms with van der Waals surface area (Å²) in [6, 6.07) is 1.92. The van der Waals surface area contributed by atoms with E-state index in [1.54, 1.807) is 0 Å². The van der Waals surface area contributed by atoms with Crippen molar-refractivity contribution in [1.82, 2.24) is 5.32 Å². The van der Waals surface area contributed by atoms with E-state index in [1.807, 2.05) is 6.07 Å². The van der Waals surface area contributed by atoms with Crippen molar-refractivity contribution in [3.63, 3.8) is 0 Å². The number of aliphatic hydroxyl groups is 1. The van der Waals surface area contributed by atoms with E-state index in [2.05, 4.69) is 5.32 Å². The van der Waals surface area contributed by atoms with E-state index in [9.17, 15) is 0 Å². The molecule has 3 heteroatoms. The third-order valence-corrected chi connectivity index (χ3v) is 1.95. The van der Waals surface area contributed by atoms with Crippen LogP contribution in [-0.4, -0.2) is 11.7 Å². The van der Waals surface area contributed by atoms with Crippen LogP contribution in [0, 0.1) is 0 Å². The molecule has 0 spiro atoms. The van der Waals surface area contributed by atoms with Crippen LogP contribution in [0.1, 0.15) is 17.1 Å². The summed E-state index contributed by atoms with van der Waals surface area (Å²) in [5.74, 6) is 1.71. The van der Waals surface area contributed by atoms with Crippen LogP contribution in [0.5, 0.6) is 0 Å². The maximum atomic E-state index is 8.77. The summed E-state index contributed by atoms with van der Waals surface area (Å²) in [5.41, 5.74) is 1.19. The number of furan rings is 1. The van der Waals surface area contributed by atoms with E-state index in [-0.39, 0.29) is 6.61 Å². The van der Waals surface area contributed by atoms with Gasteiger partial charge in [0.15, 0.2) is 0 Å². The van der Waals surface area contributed by atoms with E-state index in [1.165, 1.54) is 5.56 Å². The van der Waals surface area contributed by atoms with Gasteiger partial charge in [-0.25, -0.2) is 0 Å². The van der Waals surface area contributed by atoms with Crippen LogP contribution < -0.4 is 5.32 Å². The van der Waals surface area contributed by atoms with Crippen LogP contribution in [0.2, 0.25) is 0 Å². The lowest BCUT2D eigenvalue weighted by atomic mass is 10.1. The van der Waals surface area contributed by atoms with Crippen molar-refractivity contribution in [1.29, 1.82) is 0 Å². The highest BCUT2D eigenvalue weighted by Gasteiger charge is 2.13. The van der Waals surface area contributed by atoms with Gasteiger partial charge in [-0.2, -0.15) is 0 Å². The SMILES string of the molecule is OCc1cc2c(o1)CCNC2. The second-order valence-corrected chi connectivity index (χ2v) is 2.75. The van der Waals surface area contributed by atoms with Gasteiger partial charge >= 0.3 is 0 Å². The predicted molar refractivity (Wildman–Crippen MR) is 40.0 cm³/mol. The minimum atomic E-state index is 0.00694. The highest BCUT2D eigenvalue weighted by atomic mass is 16.4. The molecule has 0 saturated heterocycles. The molecule has 2 rings (SSSR count). The van der Waals surface area contributed by atoms with Gasteiger partial charge in [-0.15, -0.1) is 0 Å². The Bertz CT molecular complexity index is 231. The van der Waals surface area contributed by atoms with Crippen molar-refractivity contribution in [2.24, 2.45) is 0 Å². The standard InChI is InChI=1S/C8H11NO2/c10-5-7-3-6-4-9-2-1-8(6)11-7/h3,9-10H,1-2,4-5H2. The van der Waals surface area contributed by atoms with E-state index >= 15 is 0 Å². The Labute approximate surface area is 65.0 Å².